The normalized spacial score (nSPS) is 18.8. The van der Waals surface area contributed by atoms with Crippen LogP contribution >= 0.6 is 0 Å². The van der Waals surface area contributed by atoms with Crippen LogP contribution in [0.5, 0.6) is 0 Å². The minimum atomic E-state index is -0.149. The molecule has 2 fully saturated rings. The standard InChI is InChI=1S/C21H30N4O3/c1-16(26)18-4-3-5-19(15-18)22-21(28)25-8-6-17(7-9-25)14-20(27)24-12-10-23(2)11-13-24/h3-5,15,17H,6-14H2,1-2H3,(H,22,28). The number of Topliss-reactive ketones (excluding diaryl/α,β-unsaturated/α-hetero) is 1. The van der Waals surface area contributed by atoms with Crippen molar-refractivity contribution in [3.63, 3.8) is 0 Å². The summed E-state index contributed by atoms with van der Waals surface area (Å²) in [5.74, 6) is 0.566. The number of urea groups is 1. The van der Waals surface area contributed by atoms with Crippen LogP contribution < -0.4 is 5.32 Å². The summed E-state index contributed by atoms with van der Waals surface area (Å²) in [4.78, 5) is 42.5. The van der Waals surface area contributed by atoms with Crippen molar-refractivity contribution in [1.29, 1.82) is 0 Å². The molecule has 0 saturated carbocycles. The highest BCUT2D eigenvalue weighted by molar-refractivity contribution is 5.96. The Hall–Kier alpha value is -2.41. The molecule has 0 aliphatic carbocycles. The van der Waals surface area contributed by atoms with Crippen molar-refractivity contribution >= 4 is 23.4 Å². The van der Waals surface area contributed by atoms with Gasteiger partial charge in [0.1, 0.15) is 0 Å². The summed E-state index contributed by atoms with van der Waals surface area (Å²) in [5.41, 5.74) is 1.21. The molecule has 0 radical (unpaired) electrons. The van der Waals surface area contributed by atoms with Gasteiger partial charge in [0.2, 0.25) is 5.91 Å². The number of rotatable bonds is 4. The molecule has 1 N–H and O–H groups in total. The Morgan fingerprint density at radius 2 is 1.68 bits per heavy atom. The monoisotopic (exact) mass is 386 g/mol. The number of benzene rings is 1. The Bertz CT molecular complexity index is 720. The van der Waals surface area contributed by atoms with Gasteiger partial charge in [-0.15, -0.1) is 0 Å². The van der Waals surface area contributed by atoms with Crippen LogP contribution in [-0.4, -0.2) is 78.7 Å². The number of piperazine rings is 1. The van der Waals surface area contributed by atoms with E-state index in [-0.39, 0.29) is 17.7 Å². The van der Waals surface area contributed by atoms with Crippen molar-refractivity contribution in [2.24, 2.45) is 5.92 Å². The molecule has 1 aromatic rings. The number of carbonyl (C=O) groups excluding carboxylic acids is 3. The second-order valence-corrected chi connectivity index (χ2v) is 7.89. The van der Waals surface area contributed by atoms with Crippen LogP contribution in [-0.2, 0) is 4.79 Å². The molecule has 3 rings (SSSR count). The number of likely N-dealkylation sites (N-methyl/N-ethyl adjacent to an activating group) is 1. The summed E-state index contributed by atoms with van der Waals surface area (Å²) in [6.45, 7) is 6.32. The lowest BCUT2D eigenvalue weighted by molar-refractivity contribution is -0.134. The molecule has 0 spiro atoms. The summed E-state index contributed by atoms with van der Waals surface area (Å²) in [7, 11) is 2.08. The molecule has 0 bridgehead atoms. The Morgan fingerprint density at radius 1 is 1.00 bits per heavy atom. The summed E-state index contributed by atoms with van der Waals surface area (Å²) in [6, 6.07) is 6.83. The highest BCUT2D eigenvalue weighted by Gasteiger charge is 2.27. The number of piperidine rings is 1. The summed E-state index contributed by atoms with van der Waals surface area (Å²) in [5, 5.41) is 2.87. The molecule has 0 aromatic heterocycles. The van der Waals surface area contributed by atoms with Gasteiger partial charge in [0, 0.05) is 56.9 Å². The molecular weight excluding hydrogens is 356 g/mol. The van der Waals surface area contributed by atoms with Crippen molar-refractivity contribution in [3.05, 3.63) is 29.8 Å². The molecule has 2 aliphatic heterocycles. The quantitative estimate of drug-likeness (QED) is 0.806. The van der Waals surface area contributed by atoms with E-state index in [1.54, 1.807) is 29.2 Å². The number of anilines is 1. The smallest absolute Gasteiger partial charge is 0.321 e. The SMILES string of the molecule is CC(=O)c1cccc(NC(=O)N2CCC(CC(=O)N3CCN(C)CC3)CC2)c1. The molecular formula is C21H30N4O3. The zero-order chi connectivity index (χ0) is 20.1. The maximum atomic E-state index is 12.5. The van der Waals surface area contributed by atoms with E-state index in [2.05, 4.69) is 17.3 Å². The van der Waals surface area contributed by atoms with Crippen LogP contribution in [0.1, 0.15) is 36.5 Å². The Balaban J connectivity index is 1.44. The summed E-state index contributed by atoms with van der Waals surface area (Å²) in [6.07, 6.45) is 2.28. The van der Waals surface area contributed by atoms with Crippen molar-refractivity contribution in [1.82, 2.24) is 14.7 Å². The number of carbonyl (C=O) groups is 3. The third-order valence-corrected chi connectivity index (χ3v) is 5.74. The molecule has 2 heterocycles. The van der Waals surface area contributed by atoms with Gasteiger partial charge in [-0.2, -0.15) is 0 Å². The minimum absolute atomic E-state index is 0.0260. The van der Waals surface area contributed by atoms with Crippen LogP contribution in [0.15, 0.2) is 24.3 Å². The fourth-order valence-corrected chi connectivity index (χ4v) is 3.79. The van der Waals surface area contributed by atoms with E-state index < -0.39 is 0 Å². The third kappa shape index (κ3) is 5.32. The van der Waals surface area contributed by atoms with Gasteiger partial charge >= 0.3 is 6.03 Å². The Morgan fingerprint density at radius 3 is 2.32 bits per heavy atom. The van der Waals surface area contributed by atoms with Crippen molar-refractivity contribution in [3.8, 4) is 0 Å². The fraction of sp³-hybridized carbons (Fsp3) is 0.571. The van der Waals surface area contributed by atoms with E-state index in [1.165, 1.54) is 6.92 Å². The van der Waals surface area contributed by atoms with Crippen LogP contribution in [0.3, 0.4) is 0 Å². The van der Waals surface area contributed by atoms with E-state index in [0.29, 0.717) is 36.7 Å². The van der Waals surface area contributed by atoms with Gasteiger partial charge in [-0.1, -0.05) is 12.1 Å². The van der Waals surface area contributed by atoms with E-state index in [4.69, 9.17) is 0 Å². The Labute approximate surface area is 166 Å². The lowest BCUT2D eigenvalue weighted by atomic mass is 9.93. The van der Waals surface area contributed by atoms with Gasteiger partial charge in [-0.05, 0) is 44.9 Å². The zero-order valence-corrected chi connectivity index (χ0v) is 16.8. The van der Waals surface area contributed by atoms with E-state index in [1.807, 2.05) is 4.90 Å². The first-order chi connectivity index (χ1) is 13.4. The molecule has 7 heteroatoms. The number of amides is 3. The highest BCUT2D eigenvalue weighted by atomic mass is 16.2. The number of ketones is 1. The van der Waals surface area contributed by atoms with Crippen LogP contribution in [0.2, 0.25) is 0 Å². The molecule has 2 aliphatic rings. The number of likely N-dealkylation sites (tertiary alicyclic amines) is 1. The predicted octanol–water partition coefficient (Wildman–Crippen LogP) is 2.30. The van der Waals surface area contributed by atoms with Gasteiger partial charge in [0.25, 0.3) is 0 Å². The molecule has 7 nitrogen and oxygen atoms in total. The number of nitrogens with one attached hydrogen (secondary N) is 1. The maximum Gasteiger partial charge on any atom is 0.321 e. The van der Waals surface area contributed by atoms with Crippen LogP contribution in [0, 0.1) is 5.92 Å². The van der Waals surface area contributed by atoms with Crippen molar-refractivity contribution < 1.29 is 14.4 Å². The predicted molar refractivity (Wildman–Crippen MR) is 108 cm³/mol. The van der Waals surface area contributed by atoms with Crippen LogP contribution in [0.4, 0.5) is 10.5 Å². The largest absolute Gasteiger partial charge is 0.340 e. The van der Waals surface area contributed by atoms with Gasteiger partial charge in [-0.25, -0.2) is 4.79 Å². The number of nitrogens with zero attached hydrogens (tertiary/aromatic N) is 3. The fourth-order valence-electron chi connectivity index (χ4n) is 3.79. The lowest BCUT2D eigenvalue weighted by Crippen LogP contribution is -2.48. The first kappa shape index (κ1) is 20.3. The van der Waals surface area contributed by atoms with Crippen LogP contribution in [0.25, 0.3) is 0 Å². The number of hydrogen-bond donors (Lipinski definition) is 1. The molecule has 0 atom stereocenters. The molecule has 152 valence electrons. The van der Waals surface area contributed by atoms with Gasteiger partial charge in [-0.3, -0.25) is 9.59 Å². The molecule has 0 unspecified atom stereocenters. The van der Waals surface area contributed by atoms with Gasteiger partial charge in [0.15, 0.2) is 5.78 Å². The van der Waals surface area contributed by atoms with Crippen molar-refractivity contribution in [2.75, 3.05) is 51.6 Å². The summed E-state index contributed by atoms with van der Waals surface area (Å²) < 4.78 is 0. The van der Waals surface area contributed by atoms with E-state index >= 15 is 0 Å². The first-order valence-corrected chi connectivity index (χ1v) is 10.1. The lowest BCUT2D eigenvalue weighted by Gasteiger charge is -2.35. The number of hydrogen-bond acceptors (Lipinski definition) is 4. The molecule has 1 aromatic carbocycles. The van der Waals surface area contributed by atoms with Gasteiger partial charge in [0.05, 0.1) is 0 Å². The maximum absolute atomic E-state index is 12.5. The molecule has 3 amide bonds. The zero-order valence-electron chi connectivity index (χ0n) is 16.8. The highest BCUT2D eigenvalue weighted by Crippen LogP contribution is 2.23. The molecule has 2 saturated heterocycles. The van der Waals surface area contributed by atoms with E-state index in [0.717, 1.165) is 39.0 Å². The summed E-state index contributed by atoms with van der Waals surface area (Å²) >= 11 is 0. The minimum Gasteiger partial charge on any atom is -0.340 e. The second kappa shape index (κ2) is 9.19. The Kier molecular flexibility index (Phi) is 6.67. The average Bonchev–Trinajstić information content (AvgIpc) is 2.69. The van der Waals surface area contributed by atoms with E-state index in [9.17, 15) is 14.4 Å². The average molecular weight is 386 g/mol. The van der Waals surface area contributed by atoms with Crippen molar-refractivity contribution in [2.45, 2.75) is 26.2 Å². The second-order valence-electron chi connectivity index (χ2n) is 7.89. The third-order valence-electron chi connectivity index (χ3n) is 5.74. The molecule has 28 heavy (non-hydrogen) atoms. The topological polar surface area (TPSA) is 73.0 Å². The first-order valence-electron chi connectivity index (χ1n) is 10.1. The van der Waals surface area contributed by atoms with Gasteiger partial charge < -0.3 is 20.0 Å².